The Morgan fingerprint density at radius 3 is 2.93 bits per heavy atom. The van der Waals surface area contributed by atoms with E-state index in [4.69, 9.17) is 5.73 Å². The molecule has 3 N–H and O–H groups in total. The molecule has 0 aliphatic carbocycles. The van der Waals surface area contributed by atoms with Gasteiger partial charge in [-0.2, -0.15) is 0 Å². The molecule has 0 radical (unpaired) electrons. The van der Waals surface area contributed by atoms with Crippen LogP contribution in [0.5, 0.6) is 0 Å². The third-order valence-corrected chi connectivity index (χ3v) is 2.98. The van der Waals surface area contributed by atoms with E-state index < -0.39 is 0 Å². The maximum Gasteiger partial charge on any atom is 0.344 e. The van der Waals surface area contributed by atoms with Crippen molar-refractivity contribution in [1.29, 1.82) is 0 Å². The van der Waals surface area contributed by atoms with Gasteiger partial charge < -0.3 is 5.73 Å². The summed E-state index contributed by atoms with van der Waals surface area (Å²) >= 11 is 1.47. The van der Waals surface area contributed by atoms with Crippen molar-refractivity contribution >= 4 is 11.8 Å². The molecule has 0 bridgehead atoms. The minimum atomic E-state index is -0.175. The molecular weight excluding hydrogens is 212 g/mol. The summed E-state index contributed by atoms with van der Waals surface area (Å²) in [7, 11) is 0. The molecule has 0 atom stereocenters. The molecule has 1 rings (SSSR count). The molecule has 0 aliphatic rings. The van der Waals surface area contributed by atoms with E-state index >= 15 is 0 Å². The van der Waals surface area contributed by atoms with Gasteiger partial charge in [0.1, 0.15) is 0 Å². The lowest BCUT2D eigenvalue weighted by Crippen LogP contribution is -2.19. The van der Waals surface area contributed by atoms with Crippen molar-refractivity contribution in [2.24, 2.45) is 5.73 Å². The zero-order chi connectivity index (χ0) is 11.4. The van der Waals surface area contributed by atoms with Gasteiger partial charge in [0.15, 0.2) is 5.16 Å². The Kier molecular flexibility index (Phi) is 4.16. The zero-order valence-corrected chi connectivity index (χ0v) is 9.80. The Hall–Kier alpha value is -1.01. The number of thioether (sulfide) groups is 1. The lowest BCUT2D eigenvalue weighted by molar-refractivity contribution is 0.534. The quantitative estimate of drug-likeness (QED) is 0.576. The molecule has 15 heavy (non-hydrogen) atoms. The maximum atomic E-state index is 11.4. The number of nitrogens with one attached hydrogen (secondary N) is 1. The smallest absolute Gasteiger partial charge is 0.327 e. The Labute approximate surface area is 92.7 Å². The summed E-state index contributed by atoms with van der Waals surface area (Å²) in [6.45, 7) is 8.15. The van der Waals surface area contributed by atoms with Crippen LogP contribution in [0.1, 0.15) is 19.9 Å². The van der Waals surface area contributed by atoms with Crippen LogP contribution in [-0.4, -0.2) is 27.1 Å². The van der Waals surface area contributed by atoms with Gasteiger partial charge in [0, 0.05) is 18.3 Å². The number of hydrogen-bond acceptors (Lipinski definition) is 4. The highest BCUT2D eigenvalue weighted by Crippen LogP contribution is 2.18. The first-order valence-electron chi connectivity index (χ1n) is 4.72. The summed E-state index contributed by atoms with van der Waals surface area (Å²) in [6, 6.07) is 0.102. The van der Waals surface area contributed by atoms with Crippen molar-refractivity contribution in [2.45, 2.75) is 25.0 Å². The second kappa shape index (κ2) is 5.18. The number of hydrogen-bond donors (Lipinski definition) is 2. The standard InChI is InChI=1S/C9H16N4OS/c1-6(2)13-8(14)11-12-9(13)15-5-7(3)4-10/h6H,3-5,10H2,1-2H3,(H,11,14). The second-order valence-corrected chi connectivity index (χ2v) is 4.46. The normalized spacial score (nSPS) is 10.9. The third-order valence-electron chi connectivity index (χ3n) is 1.88. The Morgan fingerprint density at radius 2 is 2.40 bits per heavy atom. The van der Waals surface area contributed by atoms with E-state index in [1.54, 1.807) is 4.57 Å². The lowest BCUT2D eigenvalue weighted by atomic mass is 10.4. The first kappa shape index (κ1) is 12.1. The van der Waals surface area contributed by atoms with E-state index in [0.717, 1.165) is 5.57 Å². The van der Waals surface area contributed by atoms with Crippen LogP contribution in [0.25, 0.3) is 0 Å². The summed E-state index contributed by atoms with van der Waals surface area (Å²) < 4.78 is 1.62. The van der Waals surface area contributed by atoms with E-state index in [9.17, 15) is 4.79 Å². The van der Waals surface area contributed by atoms with Crippen LogP contribution in [0, 0.1) is 0 Å². The topological polar surface area (TPSA) is 76.7 Å². The molecule has 0 aliphatic heterocycles. The molecule has 1 aromatic rings. The van der Waals surface area contributed by atoms with Gasteiger partial charge in [-0.3, -0.25) is 4.57 Å². The minimum absolute atomic E-state index is 0.102. The van der Waals surface area contributed by atoms with Gasteiger partial charge >= 0.3 is 5.69 Å². The summed E-state index contributed by atoms with van der Waals surface area (Å²) in [6.07, 6.45) is 0. The molecule has 0 aromatic carbocycles. The van der Waals surface area contributed by atoms with Gasteiger partial charge in [0.05, 0.1) is 0 Å². The minimum Gasteiger partial charge on any atom is -0.327 e. The fraction of sp³-hybridized carbons (Fsp3) is 0.556. The van der Waals surface area contributed by atoms with Crippen LogP contribution < -0.4 is 11.4 Å². The molecule has 0 spiro atoms. The van der Waals surface area contributed by atoms with Crippen LogP contribution in [0.15, 0.2) is 22.1 Å². The van der Waals surface area contributed by atoms with Gasteiger partial charge in [0.25, 0.3) is 0 Å². The first-order chi connectivity index (χ1) is 7.06. The molecule has 6 heteroatoms. The maximum absolute atomic E-state index is 11.4. The SMILES string of the molecule is C=C(CN)CSc1n[nH]c(=O)n1C(C)C. The highest BCUT2D eigenvalue weighted by atomic mass is 32.2. The summed E-state index contributed by atoms with van der Waals surface area (Å²) in [5.74, 6) is 0.688. The van der Waals surface area contributed by atoms with Gasteiger partial charge in [-0.25, -0.2) is 9.89 Å². The van der Waals surface area contributed by atoms with Gasteiger partial charge in [-0.15, -0.1) is 5.10 Å². The zero-order valence-electron chi connectivity index (χ0n) is 8.99. The Bertz CT molecular complexity index is 393. The van der Waals surface area contributed by atoms with Crippen molar-refractivity contribution < 1.29 is 0 Å². The van der Waals surface area contributed by atoms with E-state index in [2.05, 4.69) is 16.8 Å². The van der Waals surface area contributed by atoms with Crippen LogP contribution in [0.2, 0.25) is 0 Å². The molecule has 0 saturated heterocycles. The fourth-order valence-corrected chi connectivity index (χ4v) is 2.07. The Balaban J connectivity index is 2.77. The molecule has 0 amide bonds. The van der Waals surface area contributed by atoms with Crippen LogP contribution >= 0.6 is 11.8 Å². The second-order valence-electron chi connectivity index (χ2n) is 3.52. The fourth-order valence-electron chi connectivity index (χ4n) is 1.07. The average Bonchev–Trinajstić information content (AvgIpc) is 2.56. The van der Waals surface area contributed by atoms with Crippen molar-refractivity contribution in [3.63, 3.8) is 0 Å². The number of aromatic amines is 1. The molecule has 0 unspecified atom stereocenters. The number of nitrogens with two attached hydrogens (primary N) is 1. The van der Waals surface area contributed by atoms with Crippen LogP contribution in [0.3, 0.4) is 0 Å². The number of nitrogens with zero attached hydrogens (tertiary/aromatic N) is 2. The van der Waals surface area contributed by atoms with E-state index in [1.165, 1.54) is 11.8 Å². The first-order valence-corrected chi connectivity index (χ1v) is 5.71. The number of aromatic nitrogens is 3. The highest BCUT2D eigenvalue weighted by molar-refractivity contribution is 7.99. The summed E-state index contributed by atoms with van der Waals surface area (Å²) in [5.41, 5.74) is 6.19. The van der Waals surface area contributed by atoms with Crippen LogP contribution in [-0.2, 0) is 0 Å². The highest BCUT2D eigenvalue weighted by Gasteiger charge is 2.11. The van der Waals surface area contributed by atoms with E-state index in [1.807, 2.05) is 13.8 Å². The Morgan fingerprint density at radius 1 is 1.73 bits per heavy atom. The molecule has 84 valence electrons. The molecule has 0 saturated carbocycles. The summed E-state index contributed by atoms with van der Waals surface area (Å²) in [4.78, 5) is 11.4. The molecule has 1 heterocycles. The average molecular weight is 228 g/mol. The third kappa shape index (κ3) is 2.97. The molecule has 1 aromatic heterocycles. The van der Waals surface area contributed by atoms with Gasteiger partial charge in [0.2, 0.25) is 0 Å². The monoisotopic (exact) mass is 228 g/mol. The van der Waals surface area contributed by atoms with Crippen molar-refractivity contribution in [3.05, 3.63) is 22.6 Å². The van der Waals surface area contributed by atoms with Gasteiger partial charge in [-0.05, 0) is 13.8 Å². The molecule has 5 nitrogen and oxygen atoms in total. The molecule has 0 fully saturated rings. The summed E-state index contributed by atoms with van der Waals surface area (Å²) in [5, 5.41) is 7.07. The van der Waals surface area contributed by atoms with E-state index in [0.29, 0.717) is 17.5 Å². The van der Waals surface area contributed by atoms with Crippen LogP contribution in [0.4, 0.5) is 0 Å². The number of rotatable bonds is 5. The van der Waals surface area contributed by atoms with Crippen molar-refractivity contribution in [2.75, 3.05) is 12.3 Å². The van der Waals surface area contributed by atoms with Crippen molar-refractivity contribution in [1.82, 2.24) is 14.8 Å². The largest absolute Gasteiger partial charge is 0.344 e. The molecular formula is C9H16N4OS. The number of H-pyrrole nitrogens is 1. The van der Waals surface area contributed by atoms with Gasteiger partial charge in [-0.1, -0.05) is 23.9 Å². The van der Waals surface area contributed by atoms with Crippen molar-refractivity contribution in [3.8, 4) is 0 Å². The predicted molar refractivity (Wildman–Crippen MR) is 62.2 cm³/mol. The van der Waals surface area contributed by atoms with E-state index in [-0.39, 0.29) is 11.7 Å². The predicted octanol–water partition coefficient (Wildman–Crippen LogP) is 0.759. The lowest BCUT2D eigenvalue weighted by Gasteiger charge is -2.08.